The van der Waals surface area contributed by atoms with Crippen molar-refractivity contribution in [3.63, 3.8) is 0 Å². The number of aryl methyl sites for hydroxylation is 2. The molecule has 0 saturated carbocycles. The Hall–Kier alpha value is -1.43. The molecule has 1 saturated heterocycles. The second-order valence-corrected chi connectivity index (χ2v) is 5.75. The van der Waals surface area contributed by atoms with E-state index in [2.05, 4.69) is 20.1 Å². The first-order valence-electron chi connectivity index (χ1n) is 7.52. The highest BCUT2D eigenvalue weighted by Crippen LogP contribution is 2.18. The van der Waals surface area contributed by atoms with E-state index >= 15 is 0 Å². The maximum atomic E-state index is 12.0. The Morgan fingerprint density at radius 1 is 1.45 bits per heavy atom. The average molecular weight is 278 g/mol. The van der Waals surface area contributed by atoms with Crippen LogP contribution in [-0.2, 0) is 22.5 Å². The molecule has 2 atom stereocenters. The molecule has 0 aromatic carbocycles. The Bertz CT molecular complexity index is 480. The number of hydrogen-bond acceptors (Lipinski definition) is 4. The molecule has 0 radical (unpaired) electrons. The van der Waals surface area contributed by atoms with Gasteiger partial charge in [-0.2, -0.15) is 0 Å². The maximum Gasteiger partial charge on any atom is 0.220 e. The third-order valence-electron chi connectivity index (χ3n) is 4.21. The molecule has 1 amide bonds. The molecule has 3 heterocycles. The van der Waals surface area contributed by atoms with Gasteiger partial charge in [-0.25, -0.2) is 0 Å². The molecule has 0 unspecified atom stereocenters. The number of rotatable bonds is 4. The smallest absolute Gasteiger partial charge is 0.220 e. The molecule has 0 bridgehead atoms. The van der Waals surface area contributed by atoms with Gasteiger partial charge in [0.25, 0.3) is 0 Å². The summed E-state index contributed by atoms with van der Waals surface area (Å²) in [6.07, 6.45) is 5.76. The predicted molar refractivity (Wildman–Crippen MR) is 73.2 cm³/mol. The van der Waals surface area contributed by atoms with E-state index in [-0.39, 0.29) is 11.9 Å². The fourth-order valence-electron chi connectivity index (χ4n) is 3.04. The van der Waals surface area contributed by atoms with E-state index in [1.807, 2.05) is 6.92 Å². The summed E-state index contributed by atoms with van der Waals surface area (Å²) < 4.78 is 7.65. The molecule has 110 valence electrons. The molecule has 0 aliphatic carbocycles. The lowest BCUT2D eigenvalue weighted by Gasteiger charge is -2.25. The van der Waals surface area contributed by atoms with Crippen LogP contribution < -0.4 is 5.32 Å². The Balaban J connectivity index is 1.46. The van der Waals surface area contributed by atoms with Crippen molar-refractivity contribution in [3.05, 3.63) is 11.6 Å². The second kappa shape index (κ2) is 5.91. The molecule has 1 N–H and O–H groups in total. The van der Waals surface area contributed by atoms with Crippen LogP contribution in [0.2, 0.25) is 0 Å². The standard InChI is InChI=1S/C14H22N4O2/c1-10-16-17-13-6-4-11(9-18(10)13)15-14(19)7-5-12-3-2-8-20-12/h11-12H,2-9H2,1H3,(H,15,19)/t11-,12+/m0/s1. The van der Waals surface area contributed by atoms with Gasteiger partial charge in [-0.1, -0.05) is 0 Å². The van der Waals surface area contributed by atoms with Gasteiger partial charge in [0.1, 0.15) is 11.6 Å². The van der Waals surface area contributed by atoms with E-state index in [1.54, 1.807) is 0 Å². The van der Waals surface area contributed by atoms with Crippen molar-refractivity contribution in [1.29, 1.82) is 0 Å². The Kier molecular flexibility index (Phi) is 4.00. The molecular weight excluding hydrogens is 256 g/mol. The molecule has 0 spiro atoms. The van der Waals surface area contributed by atoms with Crippen LogP contribution in [0.4, 0.5) is 0 Å². The number of carbonyl (C=O) groups is 1. The molecule has 6 nitrogen and oxygen atoms in total. The lowest BCUT2D eigenvalue weighted by atomic mass is 10.1. The van der Waals surface area contributed by atoms with Crippen molar-refractivity contribution < 1.29 is 9.53 Å². The van der Waals surface area contributed by atoms with Crippen molar-refractivity contribution in [2.75, 3.05) is 6.61 Å². The molecule has 3 rings (SSSR count). The maximum absolute atomic E-state index is 12.0. The summed E-state index contributed by atoms with van der Waals surface area (Å²) >= 11 is 0. The molecule has 1 aromatic rings. The van der Waals surface area contributed by atoms with Crippen LogP contribution in [0.25, 0.3) is 0 Å². The number of aromatic nitrogens is 3. The summed E-state index contributed by atoms with van der Waals surface area (Å²) in [5.41, 5.74) is 0. The van der Waals surface area contributed by atoms with Crippen LogP contribution >= 0.6 is 0 Å². The normalized spacial score (nSPS) is 25.4. The van der Waals surface area contributed by atoms with Gasteiger partial charge in [-0.15, -0.1) is 10.2 Å². The summed E-state index contributed by atoms with van der Waals surface area (Å²) in [7, 11) is 0. The number of hydrogen-bond donors (Lipinski definition) is 1. The molecular formula is C14H22N4O2. The van der Waals surface area contributed by atoms with Crippen molar-refractivity contribution in [2.24, 2.45) is 0 Å². The third kappa shape index (κ3) is 3.00. The number of nitrogens with zero attached hydrogens (tertiary/aromatic N) is 3. The Morgan fingerprint density at radius 2 is 2.35 bits per heavy atom. The monoisotopic (exact) mass is 278 g/mol. The van der Waals surface area contributed by atoms with Crippen LogP contribution in [-0.4, -0.2) is 39.4 Å². The number of fused-ring (bicyclic) bond motifs is 1. The molecule has 2 aliphatic heterocycles. The number of amides is 1. The second-order valence-electron chi connectivity index (χ2n) is 5.75. The highest BCUT2D eigenvalue weighted by atomic mass is 16.5. The van der Waals surface area contributed by atoms with E-state index < -0.39 is 0 Å². The summed E-state index contributed by atoms with van der Waals surface area (Å²) in [5.74, 6) is 2.10. The fraction of sp³-hybridized carbons (Fsp3) is 0.786. The van der Waals surface area contributed by atoms with Crippen molar-refractivity contribution >= 4 is 5.91 Å². The van der Waals surface area contributed by atoms with Crippen LogP contribution in [0, 0.1) is 6.92 Å². The van der Waals surface area contributed by atoms with Crippen molar-refractivity contribution in [3.8, 4) is 0 Å². The van der Waals surface area contributed by atoms with Crippen LogP contribution in [0.15, 0.2) is 0 Å². The highest BCUT2D eigenvalue weighted by Gasteiger charge is 2.23. The minimum atomic E-state index is 0.139. The van der Waals surface area contributed by atoms with E-state index in [4.69, 9.17) is 4.74 Å². The summed E-state index contributed by atoms with van der Waals surface area (Å²) in [4.78, 5) is 12.0. The zero-order valence-electron chi connectivity index (χ0n) is 12.0. The van der Waals surface area contributed by atoms with Crippen molar-refractivity contribution in [2.45, 2.75) is 64.1 Å². The molecule has 20 heavy (non-hydrogen) atoms. The third-order valence-corrected chi connectivity index (χ3v) is 4.21. The van der Waals surface area contributed by atoms with Gasteiger partial charge in [0.2, 0.25) is 5.91 Å². The van der Waals surface area contributed by atoms with E-state index in [1.165, 1.54) is 0 Å². The summed E-state index contributed by atoms with van der Waals surface area (Å²) in [6.45, 7) is 3.60. The van der Waals surface area contributed by atoms with Gasteiger partial charge in [-0.3, -0.25) is 4.79 Å². The Labute approximate surface area is 118 Å². The van der Waals surface area contributed by atoms with Gasteiger partial charge >= 0.3 is 0 Å². The molecule has 2 aliphatic rings. The Morgan fingerprint density at radius 3 is 3.15 bits per heavy atom. The fourth-order valence-corrected chi connectivity index (χ4v) is 3.04. The highest BCUT2D eigenvalue weighted by molar-refractivity contribution is 5.76. The lowest BCUT2D eigenvalue weighted by molar-refractivity contribution is -0.122. The quantitative estimate of drug-likeness (QED) is 0.891. The topological polar surface area (TPSA) is 69.0 Å². The zero-order chi connectivity index (χ0) is 13.9. The molecule has 1 aromatic heterocycles. The first-order chi connectivity index (χ1) is 9.72. The van der Waals surface area contributed by atoms with E-state index in [9.17, 15) is 4.79 Å². The van der Waals surface area contributed by atoms with E-state index in [0.29, 0.717) is 12.5 Å². The number of carbonyl (C=O) groups excluding carboxylic acids is 1. The SMILES string of the molecule is Cc1nnc2n1C[C@@H](NC(=O)CC[C@H]1CCCO1)CC2. The first kappa shape index (κ1) is 13.5. The van der Waals surface area contributed by atoms with Crippen molar-refractivity contribution in [1.82, 2.24) is 20.1 Å². The van der Waals surface area contributed by atoms with Crippen LogP contribution in [0.1, 0.15) is 43.8 Å². The minimum absolute atomic E-state index is 0.139. The average Bonchev–Trinajstić information content (AvgIpc) is 3.07. The summed E-state index contributed by atoms with van der Waals surface area (Å²) in [5, 5.41) is 11.4. The van der Waals surface area contributed by atoms with Gasteiger partial charge in [0.15, 0.2) is 0 Å². The van der Waals surface area contributed by atoms with Gasteiger partial charge < -0.3 is 14.6 Å². The first-order valence-corrected chi connectivity index (χ1v) is 7.52. The molecule has 6 heteroatoms. The van der Waals surface area contributed by atoms with Crippen LogP contribution in [0.5, 0.6) is 0 Å². The van der Waals surface area contributed by atoms with Crippen LogP contribution in [0.3, 0.4) is 0 Å². The van der Waals surface area contributed by atoms with Gasteiger partial charge in [-0.05, 0) is 32.6 Å². The minimum Gasteiger partial charge on any atom is -0.378 e. The van der Waals surface area contributed by atoms with Gasteiger partial charge in [0.05, 0.1) is 6.10 Å². The zero-order valence-corrected chi connectivity index (χ0v) is 12.0. The largest absolute Gasteiger partial charge is 0.378 e. The van der Waals surface area contributed by atoms with E-state index in [0.717, 1.165) is 56.9 Å². The number of nitrogens with one attached hydrogen (secondary N) is 1. The lowest BCUT2D eigenvalue weighted by Crippen LogP contribution is -2.41. The molecule has 1 fully saturated rings. The summed E-state index contributed by atoms with van der Waals surface area (Å²) in [6, 6.07) is 0.203. The van der Waals surface area contributed by atoms with Gasteiger partial charge in [0, 0.05) is 32.0 Å². The predicted octanol–water partition coefficient (Wildman–Crippen LogP) is 0.977. The number of ether oxygens (including phenoxy) is 1.